The molecule has 1 aliphatic heterocycles. The molecule has 124 valence electrons. The second-order valence-electron chi connectivity index (χ2n) is 6.81. The van der Waals surface area contributed by atoms with Crippen LogP contribution in [-0.2, 0) is 11.3 Å². The Balaban J connectivity index is 2.17. The molecule has 0 N–H and O–H groups in total. The van der Waals surface area contributed by atoms with Crippen LogP contribution in [0.3, 0.4) is 0 Å². The first kappa shape index (κ1) is 15.9. The maximum atomic E-state index is 12.4. The van der Waals surface area contributed by atoms with Gasteiger partial charge in [0, 0.05) is 23.0 Å². The molecular formula is C18H23NO4. The Hall–Kier alpha value is -2.01. The highest BCUT2D eigenvalue weighted by atomic mass is 16.5. The fourth-order valence-corrected chi connectivity index (χ4v) is 2.91. The number of esters is 1. The number of aryl methyl sites for hydroxylation is 1. The number of carbonyl (C=O) groups excluding carboxylic acids is 1. The summed E-state index contributed by atoms with van der Waals surface area (Å²) in [5, 5.41) is 0.812. The Kier molecular flexibility index (Phi) is 3.84. The van der Waals surface area contributed by atoms with Crippen LogP contribution in [0.1, 0.15) is 49.4 Å². The number of fused-ring (bicyclic) bond motifs is 3. The van der Waals surface area contributed by atoms with E-state index in [0.717, 1.165) is 16.7 Å². The summed E-state index contributed by atoms with van der Waals surface area (Å²) in [6.07, 6.45) is 0. The molecule has 1 aromatic carbocycles. The van der Waals surface area contributed by atoms with Gasteiger partial charge in [-0.15, -0.1) is 0 Å². The number of furan rings is 1. The van der Waals surface area contributed by atoms with Crippen LogP contribution in [0.4, 0.5) is 0 Å². The molecule has 5 heteroatoms. The minimum absolute atomic E-state index is 0.0251. The van der Waals surface area contributed by atoms with Crippen molar-refractivity contribution in [1.29, 1.82) is 0 Å². The third-order valence-electron chi connectivity index (χ3n) is 4.25. The molecule has 2 aromatic rings. The van der Waals surface area contributed by atoms with Crippen molar-refractivity contribution < 1.29 is 18.7 Å². The molecule has 23 heavy (non-hydrogen) atoms. The topological polar surface area (TPSA) is 51.9 Å². The zero-order valence-corrected chi connectivity index (χ0v) is 14.4. The second kappa shape index (κ2) is 5.57. The smallest absolute Gasteiger partial charge is 0.342 e. The number of benzene rings is 1. The summed E-state index contributed by atoms with van der Waals surface area (Å²) in [6, 6.07) is 3.77. The van der Waals surface area contributed by atoms with Crippen LogP contribution in [0.15, 0.2) is 16.5 Å². The summed E-state index contributed by atoms with van der Waals surface area (Å²) in [5.41, 5.74) is 2.17. The molecule has 0 bridgehead atoms. The zero-order chi connectivity index (χ0) is 16.8. The summed E-state index contributed by atoms with van der Waals surface area (Å²) in [5.74, 6) is 1.05. The molecule has 0 saturated heterocycles. The van der Waals surface area contributed by atoms with Gasteiger partial charge in [-0.1, -0.05) is 0 Å². The standard InChI is InChI=1S/C18H23NO4/c1-6-21-17(20)15-11(2)23-14-8-7-13-12(16(14)15)9-19(10-22-13)18(3,4)5/h7-8H,6,9-10H2,1-5H3. The van der Waals surface area contributed by atoms with Gasteiger partial charge in [-0.05, 0) is 46.8 Å². The third kappa shape index (κ3) is 2.70. The minimum atomic E-state index is -0.343. The lowest BCUT2D eigenvalue weighted by Gasteiger charge is -2.38. The molecule has 0 saturated carbocycles. The first-order chi connectivity index (χ1) is 10.8. The van der Waals surface area contributed by atoms with Crippen LogP contribution >= 0.6 is 0 Å². The van der Waals surface area contributed by atoms with Crippen molar-refractivity contribution in [1.82, 2.24) is 4.90 Å². The molecule has 0 aliphatic carbocycles. The van der Waals surface area contributed by atoms with Crippen molar-refractivity contribution in [2.24, 2.45) is 0 Å². The first-order valence-corrected chi connectivity index (χ1v) is 7.93. The quantitative estimate of drug-likeness (QED) is 0.787. The fourth-order valence-electron chi connectivity index (χ4n) is 2.91. The fraction of sp³-hybridized carbons (Fsp3) is 0.500. The van der Waals surface area contributed by atoms with Gasteiger partial charge in [0.2, 0.25) is 0 Å². The average molecular weight is 317 g/mol. The van der Waals surface area contributed by atoms with Crippen LogP contribution in [0.2, 0.25) is 0 Å². The third-order valence-corrected chi connectivity index (χ3v) is 4.25. The number of hydrogen-bond donors (Lipinski definition) is 0. The van der Waals surface area contributed by atoms with E-state index in [4.69, 9.17) is 13.9 Å². The van der Waals surface area contributed by atoms with E-state index in [1.807, 2.05) is 12.1 Å². The zero-order valence-electron chi connectivity index (χ0n) is 14.4. The number of hydrogen-bond acceptors (Lipinski definition) is 5. The van der Waals surface area contributed by atoms with Gasteiger partial charge in [0.1, 0.15) is 29.4 Å². The van der Waals surface area contributed by atoms with Gasteiger partial charge in [-0.3, -0.25) is 4.90 Å². The highest BCUT2D eigenvalue weighted by Gasteiger charge is 2.31. The predicted molar refractivity (Wildman–Crippen MR) is 87.7 cm³/mol. The number of carbonyl (C=O) groups is 1. The van der Waals surface area contributed by atoms with E-state index in [1.165, 1.54) is 0 Å². The SMILES string of the molecule is CCOC(=O)c1c(C)oc2ccc3c(c12)CN(C(C)(C)C)CO3. The van der Waals surface area contributed by atoms with Crippen molar-refractivity contribution >= 4 is 16.9 Å². The molecule has 0 unspecified atom stereocenters. The second-order valence-corrected chi connectivity index (χ2v) is 6.81. The van der Waals surface area contributed by atoms with E-state index in [9.17, 15) is 4.79 Å². The van der Waals surface area contributed by atoms with Crippen LogP contribution < -0.4 is 4.74 Å². The van der Waals surface area contributed by atoms with Gasteiger partial charge in [0.15, 0.2) is 0 Å². The Bertz CT molecular complexity index is 754. The number of rotatable bonds is 2. The molecule has 0 amide bonds. The molecule has 0 fully saturated rings. The Morgan fingerprint density at radius 3 is 2.74 bits per heavy atom. The predicted octanol–water partition coefficient (Wildman–Crippen LogP) is 3.87. The average Bonchev–Trinajstić information content (AvgIpc) is 2.82. The first-order valence-electron chi connectivity index (χ1n) is 7.93. The van der Waals surface area contributed by atoms with E-state index in [1.54, 1.807) is 13.8 Å². The molecule has 0 spiro atoms. The van der Waals surface area contributed by atoms with Crippen molar-refractivity contribution in [3.8, 4) is 5.75 Å². The molecule has 0 radical (unpaired) electrons. The number of nitrogens with zero attached hydrogens (tertiary/aromatic N) is 1. The van der Waals surface area contributed by atoms with E-state index < -0.39 is 0 Å². The minimum Gasteiger partial charge on any atom is -0.478 e. The molecule has 0 atom stereocenters. The van der Waals surface area contributed by atoms with Crippen molar-refractivity contribution in [3.05, 3.63) is 29.0 Å². The maximum absolute atomic E-state index is 12.4. The van der Waals surface area contributed by atoms with Gasteiger partial charge in [-0.2, -0.15) is 0 Å². The van der Waals surface area contributed by atoms with Crippen molar-refractivity contribution in [3.63, 3.8) is 0 Å². The number of ether oxygens (including phenoxy) is 2. The normalized spacial score (nSPS) is 15.3. The van der Waals surface area contributed by atoms with E-state index in [-0.39, 0.29) is 11.5 Å². The van der Waals surface area contributed by atoms with Crippen LogP contribution in [0.5, 0.6) is 5.75 Å². The van der Waals surface area contributed by atoms with Crippen LogP contribution in [-0.4, -0.2) is 29.7 Å². The van der Waals surface area contributed by atoms with Gasteiger partial charge < -0.3 is 13.9 Å². The molecule has 5 nitrogen and oxygen atoms in total. The Morgan fingerprint density at radius 1 is 1.35 bits per heavy atom. The summed E-state index contributed by atoms with van der Waals surface area (Å²) in [4.78, 5) is 14.6. The monoisotopic (exact) mass is 317 g/mol. The van der Waals surface area contributed by atoms with E-state index in [0.29, 0.717) is 36.8 Å². The van der Waals surface area contributed by atoms with E-state index in [2.05, 4.69) is 25.7 Å². The summed E-state index contributed by atoms with van der Waals surface area (Å²) in [6.45, 7) is 11.6. The van der Waals surface area contributed by atoms with Gasteiger partial charge in [0.05, 0.1) is 6.61 Å². The van der Waals surface area contributed by atoms with Crippen molar-refractivity contribution in [2.75, 3.05) is 13.3 Å². The Labute approximate surface area is 136 Å². The summed E-state index contributed by atoms with van der Waals surface area (Å²) in [7, 11) is 0. The molecule has 1 aliphatic rings. The highest BCUT2D eigenvalue weighted by molar-refractivity contribution is 6.06. The lowest BCUT2D eigenvalue weighted by Crippen LogP contribution is -2.45. The molecule has 1 aromatic heterocycles. The lowest BCUT2D eigenvalue weighted by atomic mass is 9.99. The van der Waals surface area contributed by atoms with Crippen molar-refractivity contribution in [2.45, 2.75) is 46.7 Å². The van der Waals surface area contributed by atoms with Crippen LogP contribution in [0, 0.1) is 6.92 Å². The lowest BCUT2D eigenvalue weighted by molar-refractivity contribution is 0.0225. The molecule has 2 heterocycles. The highest BCUT2D eigenvalue weighted by Crippen LogP contribution is 2.38. The largest absolute Gasteiger partial charge is 0.478 e. The van der Waals surface area contributed by atoms with Crippen LogP contribution in [0.25, 0.3) is 11.0 Å². The molecular weight excluding hydrogens is 294 g/mol. The van der Waals surface area contributed by atoms with Gasteiger partial charge >= 0.3 is 5.97 Å². The summed E-state index contributed by atoms with van der Waals surface area (Å²) >= 11 is 0. The Morgan fingerprint density at radius 2 is 2.09 bits per heavy atom. The maximum Gasteiger partial charge on any atom is 0.342 e. The summed E-state index contributed by atoms with van der Waals surface area (Å²) < 4.78 is 16.9. The molecule has 3 rings (SSSR count). The van der Waals surface area contributed by atoms with E-state index >= 15 is 0 Å². The van der Waals surface area contributed by atoms with Gasteiger partial charge in [-0.25, -0.2) is 4.79 Å². The van der Waals surface area contributed by atoms with Gasteiger partial charge in [0.25, 0.3) is 0 Å².